The molecule has 0 fully saturated rings. The number of rotatable bonds is 4. The van der Waals surface area contributed by atoms with Crippen molar-refractivity contribution in [3.8, 4) is 5.75 Å². The number of aromatic hydroxyl groups is 1. The van der Waals surface area contributed by atoms with E-state index in [9.17, 15) is 10.2 Å². The van der Waals surface area contributed by atoms with Crippen LogP contribution >= 0.6 is 11.8 Å². The molecule has 0 aliphatic carbocycles. The van der Waals surface area contributed by atoms with E-state index in [2.05, 4.69) is 4.98 Å². The highest BCUT2D eigenvalue weighted by Gasteiger charge is 2.10. The van der Waals surface area contributed by atoms with Gasteiger partial charge in [-0.3, -0.25) is 0 Å². The third-order valence-electron chi connectivity index (χ3n) is 2.54. The molecule has 0 saturated carbocycles. The third kappa shape index (κ3) is 3.24. The van der Waals surface area contributed by atoms with Crippen LogP contribution in [0.2, 0.25) is 0 Å². The maximum Gasteiger partial charge on any atom is 0.147 e. The van der Waals surface area contributed by atoms with Crippen LogP contribution in [-0.4, -0.2) is 20.9 Å². The smallest absolute Gasteiger partial charge is 0.147 e. The molecular formula is C14H15NO2S. The molecule has 0 amide bonds. The Labute approximate surface area is 111 Å². The molecule has 1 aromatic heterocycles. The van der Waals surface area contributed by atoms with Gasteiger partial charge < -0.3 is 10.2 Å². The van der Waals surface area contributed by atoms with Gasteiger partial charge in [0, 0.05) is 11.4 Å². The Morgan fingerprint density at radius 2 is 1.89 bits per heavy atom. The molecular weight excluding hydrogens is 246 g/mol. The molecule has 4 heteroatoms. The average Bonchev–Trinajstić information content (AvgIpc) is 2.40. The first-order valence-corrected chi connectivity index (χ1v) is 6.68. The van der Waals surface area contributed by atoms with E-state index >= 15 is 0 Å². The lowest BCUT2D eigenvalue weighted by atomic mass is 10.1. The van der Waals surface area contributed by atoms with Crippen molar-refractivity contribution < 1.29 is 10.2 Å². The first-order chi connectivity index (χ1) is 8.66. The number of aromatic nitrogens is 1. The summed E-state index contributed by atoms with van der Waals surface area (Å²) in [5.74, 6) is 0.625. The minimum atomic E-state index is -0.557. The summed E-state index contributed by atoms with van der Waals surface area (Å²) < 4.78 is 0. The summed E-state index contributed by atoms with van der Waals surface area (Å²) in [6.07, 6.45) is -0.557. The van der Waals surface area contributed by atoms with Crippen molar-refractivity contribution in [1.82, 2.24) is 4.98 Å². The normalized spacial score (nSPS) is 12.3. The van der Waals surface area contributed by atoms with Crippen LogP contribution in [-0.2, 0) is 0 Å². The third-order valence-corrected chi connectivity index (χ3v) is 3.60. The SMILES string of the molecule is Cc1ccc(O)c(SCC(O)c2ccccc2)n1. The zero-order valence-corrected chi connectivity index (χ0v) is 10.9. The standard InChI is InChI=1S/C14H15NO2S/c1-10-7-8-12(16)14(15-10)18-9-13(17)11-5-3-2-4-6-11/h2-8,13,16-17H,9H2,1H3. The summed E-state index contributed by atoms with van der Waals surface area (Å²) in [6, 6.07) is 12.9. The second kappa shape index (κ2) is 5.89. The molecule has 94 valence electrons. The Kier molecular flexibility index (Phi) is 4.23. The first kappa shape index (κ1) is 12.9. The molecule has 1 heterocycles. The Hall–Kier alpha value is -1.52. The predicted molar refractivity (Wildman–Crippen MR) is 72.8 cm³/mol. The summed E-state index contributed by atoms with van der Waals surface area (Å²) >= 11 is 1.35. The van der Waals surface area contributed by atoms with Gasteiger partial charge in [-0.05, 0) is 24.6 Å². The van der Waals surface area contributed by atoms with E-state index in [0.29, 0.717) is 10.8 Å². The lowest BCUT2D eigenvalue weighted by Gasteiger charge is -2.10. The van der Waals surface area contributed by atoms with E-state index in [1.807, 2.05) is 37.3 Å². The molecule has 0 saturated heterocycles. The summed E-state index contributed by atoms with van der Waals surface area (Å²) in [4.78, 5) is 4.24. The number of aliphatic hydroxyl groups excluding tert-OH is 1. The van der Waals surface area contributed by atoms with E-state index < -0.39 is 6.10 Å². The van der Waals surface area contributed by atoms with Crippen LogP contribution in [0.15, 0.2) is 47.5 Å². The number of benzene rings is 1. The fourth-order valence-corrected chi connectivity index (χ4v) is 2.49. The van der Waals surface area contributed by atoms with E-state index in [1.54, 1.807) is 12.1 Å². The molecule has 1 atom stereocenters. The van der Waals surface area contributed by atoms with E-state index in [4.69, 9.17) is 0 Å². The van der Waals surface area contributed by atoms with Crippen LogP contribution in [0.5, 0.6) is 5.75 Å². The van der Waals surface area contributed by atoms with E-state index in [1.165, 1.54) is 11.8 Å². The van der Waals surface area contributed by atoms with E-state index in [-0.39, 0.29) is 5.75 Å². The Morgan fingerprint density at radius 1 is 1.17 bits per heavy atom. The molecule has 1 aromatic carbocycles. The van der Waals surface area contributed by atoms with Gasteiger partial charge in [0.25, 0.3) is 0 Å². The van der Waals surface area contributed by atoms with Gasteiger partial charge in [-0.15, -0.1) is 0 Å². The molecule has 18 heavy (non-hydrogen) atoms. The van der Waals surface area contributed by atoms with Crippen molar-refractivity contribution >= 4 is 11.8 Å². The lowest BCUT2D eigenvalue weighted by Crippen LogP contribution is -2.00. The monoisotopic (exact) mass is 261 g/mol. The van der Waals surface area contributed by atoms with Gasteiger partial charge in [-0.1, -0.05) is 42.1 Å². The number of hydrogen-bond donors (Lipinski definition) is 2. The highest BCUT2D eigenvalue weighted by atomic mass is 32.2. The summed E-state index contributed by atoms with van der Waals surface area (Å²) in [6.45, 7) is 1.87. The molecule has 2 rings (SSSR count). The predicted octanol–water partition coefficient (Wildman–Crippen LogP) is 2.92. The molecule has 0 aliphatic rings. The number of aryl methyl sites for hydroxylation is 1. The molecule has 3 nitrogen and oxygen atoms in total. The minimum absolute atomic E-state index is 0.158. The lowest BCUT2D eigenvalue weighted by molar-refractivity contribution is 0.204. The average molecular weight is 261 g/mol. The van der Waals surface area contributed by atoms with Gasteiger partial charge in [-0.2, -0.15) is 0 Å². The number of nitrogens with zero attached hydrogens (tertiary/aromatic N) is 1. The van der Waals surface area contributed by atoms with Crippen molar-refractivity contribution in [3.63, 3.8) is 0 Å². The minimum Gasteiger partial charge on any atom is -0.505 e. The Bertz CT molecular complexity index is 516. The molecule has 1 unspecified atom stereocenters. The molecule has 0 bridgehead atoms. The Balaban J connectivity index is 2.01. The molecule has 2 aromatic rings. The zero-order chi connectivity index (χ0) is 13.0. The number of aliphatic hydroxyl groups is 1. The van der Waals surface area contributed by atoms with Crippen molar-refractivity contribution in [3.05, 3.63) is 53.7 Å². The summed E-state index contributed by atoms with van der Waals surface area (Å²) in [5, 5.41) is 20.2. The topological polar surface area (TPSA) is 53.4 Å². The van der Waals surface area contributed by atoms with Crippen LogP contribution in [0.3, 0.4) is 0 Å². The maximum absolute atomic E-state index is 10.0. The van der Waals surface area contributed by atoms with Gasteiger partial charge >= 0.3 is 0 Å². The quantitative estimate of drug-likeness (QED) is 0.831. The number of thioether (sulfide) groups is 1. The van der Waals surface area contributed by atoms with Gasteiger partial charge in [0.2, 0.25) is 0 Å². The second-order valence-corrected chi connectivity index (χ2v) is 5.02. The molecule has 0 radical (unpaired) electrons. The van der Waals surface area contributed by atoms with Gasteiger partial charge in [0.05, 0.1) is 6.10 Å². The highest BCUT2D eigenvalue weighted by molar-refractivity contribution is 7.99. The van der Waals surface area contributed by atoms with Crippen LogP contribution in [0.1, 0.15) is 17.4 Å². The molecule has 2 N–H and O–H groups in total. The molecule has 0 spiro atoms. The van der Waals surface area contributed by atoms with E-state index in [0.717, 1.165) is 11.3 Å². The fraction of sp³-hybridized carbons (Fsp3) is 0.214. The van der Waals surface area contributed by atoms with Crippen molar-refractivity contribution in [2.45, 2.75) is 18.1 Å². The van der Waals surface area contributed by atoms with Crippen molar-refractivity contribution in [1.29, 1.82) is 0 Å². The number of hydrogen-bond acceptors (Lipinski definition) is 4. The van der Waals surface area contributed by atoms with Crippen molar-refractivity contribution in [2.24, 2.45) is 0 Å². The van der Waals surface area contributed by atoms with Gasteiger partial charge in [0.1, 0.15) is 10.8 Å². The van der Waals surface area contributed by atoms with Gasteiger partial charge in [0.15, 0.2) is 0 Å². The maximum atomic E-state index is 10.0. The van der Waals surface area contributed by atoms with Crippen LogP contribution in [0, 0.1) is 6.92 Å². The first-order valence-electron chi connectivity index (χ1n) is 5.69. The summed E-state index contributed by atoms with van der Waals surface area (Å²) in [5.41, 5.74) is 1.72. The highest BCUT2D eigenvalue weighted by Crippen LogP contribution is 2.29. The Morgan fingerprint density at radius 3 is 2.61 bits per heavy atom. The van der Waals surface area contributed by atoms with Crippen molar-refractivity contribution in [2.75, 3.05) is 5.75 Å². The number of pyridine rings is 1. The van der Waals surface area contributed by atoms with Gasteiger partial charge in [-0.25, -0.2) is 4.98 Å². The van der Waals surface area contributed by atoms with Crippen LogP contribution in [0.25, 0.3) is 0 Å². The second-order valence-electron chi connectivity index (χ2n) is 4.01. The zero-order valence-electron chi connectivity index (χ0n) is 10.1. The largest absolute Gasteiger partial charge is 0.505 e. The summed E-state index contributed by atoms with van der Waals surface area (Å²) in [7, 11) is 0. The molecule has 0 aliphatic heterocycles. The fourth-order valence-electron chi connectivity index (χ4n) is 1.56. The van der Waals surface area contributed by atoms with Crippen LogP contribution in [0.4, 0.5) is 0 Å². The van der Waals surface area contributed by atoms with Crippen LogP contribution < -0.4 is 0 Å².